The number of halogens is 1. The van der Waals surface area contributed by atoms with Crippen molar-refractivity contribution >= 4 is 11.6 Å². The summed E-state index contributed by atoms with van der Waals surface area (Å²) < 4.78 is 15.6. The third-order valence-electron chi connectivity index (χ3n) is 5.71. The van der Waals surface area contributed by atoms with Gasteiger partial charge < -0.3 is 20.7 Å². The average molecular weight is 407 g/mol. The number of anilines is 1. The van der Waals surface area contributed by atoms with Gasteiger partial charge in [0.25, 0.3) is 5.91 Å². The van der Waals surface area contributed by atoms with E-state index in [0.29, 0.717) is 17.7 Å². The number of hydrogen-bond donors (Lipinski definition) is 3. The molecule has 0 unspecified atom stereocenters. The van der Waals surface area contributed by atoms with Gasteiger partial charge >= 0.3 is 0 Å². The molecular formula is C24H26FN3O2. The molecule has 1 fully saturated rings. The van der Waals surface area contributed by atoms with E-state index in [-0.39, 0.29) is 18.0 Å². The lowest BCUT2D eigenvalue weighted by molar-refractivity contribution is 0.100. The number of aliphatic hydroxyl groups excluding tert-OH is 1. The fourth-order valence-corrected chi connectivity index (χ4v) is 4.12. The molecular weight excluding hydrogens is 381 g/mol. The van der Waals surface area contributed by atoms with E-state index in [1.54, 1.807) is 12.1 Å². The Labute approximate surface area is 175 Å². The first-order valence-electron chi connectivity index (χ1n) is 10.3. The summed E-state index contributed by atoms with van der Waals surface area (Å²) in [6.07, 6.45) is 5.49. The Morgan fingerprint density at radius 3 is 2.63 bits per heavy atom. The number of carbonyl (C=O) groups excluding carboxylic acids is 1. The molecule has 2 aromatic carbocycles. The number of nitrogens with two attached hydrogens (primary N) is 1. The summed E-state index contributed by atoms with van der Waals surface area (Å²) in [5.74, 6) is -0.729. The van der Waals surface area contributed by atoms with Crippen molar-refractivity contribution in [1.29, 1.82) is 0 Å². The van der Waals surface area contributed by atoms with Crippen LogP contribution in [0, 0.1) is 5.82 Å². The summed E-state index contributed by atoms with van der Waals surface area (Å²) in [4.78, 5) is 12.0. The number of aromatic nitrogens is 1. The number of primary amides is 1. The van der Waals surface area contributed by atoms with E-state index in [2.05, 4.69) is 5.32 Å². The highest BCUT2D eigenvalue weighted by atomic mass is 19.1. The molecule has 0 bridgehead atoms. The lowest BCUT2D eigenvalue weighted by Crippen LogP contribution is -2.29. The highest BCUT2D eigenvalue weighted by Gasteiger charge is 2.21. The molecule has 1 aliphatic carbocycles. The van der Waals surface area contributed by atoms with E-state index in [1.807, 2.05) is 41.1 Å². The molecule has 3 aromatic rings. The number of benzene rings is 2. The Kier molecular flexibility index (Phi) is 5.86. The van der Waals surface area contributed by atoms with E-state index in [4.69, 9.17) is 5.73 Å². The lowest BCUT2D eigenvalue weighted by Gasteiger charge is -2.28. The minimum absolute atomic E-state index is 0.193. The molecule has 156 valence electrons. The molecule has 6 heteroatoms. The topological polar surface area (TPSA) is 80.3 Å². The summed E-state index contributed by atoms with van der Waals surface area (Å²) >= 11 is 0. The second-order valence-electron chi connectivity index (χ2n) is 7.92. The van der Waals surface area contributed by atoms with Crippen molar-refractivity contribution in [3.05, 3.63) is 83.4 Å². The number of aliphatic hydroxyl groups is 1. The fourth-order valence-electron chi connectivity index (χ4n) is 4.12. The predicted octanol–water partition coefficient (Wildman–Crippen LogP) is 4.02. The van der Waals surface area contributed by atoms with Crippen LogP contribution in [-0.4, -0.2) is 27.7 Å². The van der Waals surface area contributed by atoms with Crippen molar-refractivity contribution in [2.75, 3.05) is 5.32 Å². The smallest absolute Gasteiger partial charge is 0.250 e. The van der Waals surface area contributed by atoms with Crippen LogP contribution in [0.2, 0.25) is 0 Å². The highest BCUT2D eigenvalue weighted by molar-refractivity contribution is 5.99. The fraction of sp³-hybridized carbons (Fsp3) is 0.292. The van der Waals surface area contributed by atoms with Gasteiger partial charge in [-0.15, -0.1) is 0 Å². The first-order chi connectivity index (χ1) is 14.5. The maximum Gasteiger partial charge on any atom is 0.250 e. The van der Waals surface area contributed by atoms with Gasteiger partial charge in [0.15, 0.2) is 0 Å². The zero-order chi connectivity index (χ0) is 21.1. The standard InChI is InChI=1S/C24H26FN3O2/c25-17-4-1-3-16(13-17)14-19-5-2-12-28(19)20-8-11-22(24(26)30)23(15-20)27-18-6-9-21(29)10-7-18/h1-5,8,11-13,15,18,21,27,29H,6-7,9-10,14H2,(H2,26,30)/t18-,21-. The molecule has 0 atom stereocenters. The van der Waals surface area contributed by atoms with E-state index in [1.165, 1.54) is 12.1 Å². The van der Waals surface area contributed by atoms with Crippen LogP contribution >= 0.6 is 0 Å². The molecule has 5 nitrogen and oxygen atoms in total. The molecule has 1 heterocycles. The van der Waals surface area contributed by atoms with Gasteiger partial charge in [0, 0.05) is 35.7 Å². The van der Waals surface area contributed by atoms with Crippen molar-refractivity contribution in [3.8, 4) is 5.69 Å². The molecule has 4 rings (SSSR count). The van der Waals surface area contributed by atoms with Gasteiger partial charge in [-0.1, -0.05) is 12.1 Å². The molecule has 0 radical (unpaired) electrons. The van der Waals surface area contributed by atoms with Crippen LogP contribution in [0.3, 0.4) is 0 Å². The molecule has 4 N–H and O–H groups in total. The average Bonchev–Trinajstić information content (AvgIpc) is 3.17. The first kappa shape index (κ1) is 20.2. The van der Waals surface area contributed by atoms with Crippen LogP contribution in [0.25, 0.3) is 5.69 Å². The van der Waals surface area contributed by atoms with E-state index >= 15 is 0 Å². The van der Waals surface area contributed by atoms with Gasteiger partial charge in [0.1, 0.15) is 5.82 Å². The zero-order valence-corrected chi connectivity index (χ0v) is 16.7. The van der Waals surface area contributed by atoms with E-state index in [9.17, 15) is 14.3 Å². The Morgan fingerprint density at radius 2 is 1.90 bits per heavy atom. The molecule has 0 aliphatic heterocycles. The van der Waals surface area contributed by atoms with Gasteiger partial charge in [-0.25, -0.2) is 4.39 Å². The minimum atomic E-state index is -0.479. The third-order valence-corrected chi connectivity index (χ3v) is 5.71. The van der Waals surface area contributed by atoms with Crippen LogP contribution in [0.5, 0.6) is 0 Å². The van der Waals surface area contributed by atoms with Crippen molar-refractivity contribution < 1.29 is 14.3 Å². The van der Waals surface area contributed by atoms with Crippen LogP contribution in [-0.2, 0) is 6.42 Å². The van der Waals surface area contributed by atoms with Crippen LogP contribution in [0.4, 0.5) is 10.1 Å². The van der Waals surface area contributed by atoms with Gasteiger partial charge in [0.2, 0.25) is 0 Å². The van der Waals surface area contributed by atoms with Crippen molar-refractivity contribution in [2.45, 2.75) is 44.2 Å². The van der Waals surface area contributed by atoms with Crippen LogP contribution in [0.15, 0.2) is 60.8 Å². The number of hydrogen-bond acceptors (Lipinski definition) is 3. The predicted molar refractivity (Wildman–Crippen MR) is 115 cm³/mol. The van der Waals surface area contributed by atoms with Crippen molar-refractivity contribution in [2.24, 2.45) is 5.73 Å². The van der Waals surface area contributed by atoms with Gasteiger partial charge in [-0.3, -0.25) is 4.79 Å². The van der Waals surface area contributed by atoms with E-state index < -0.39 is 5.91 Å². The number of nitrogens with zero attached hydrogens (tertiary/aromatic N) is 1. The molecule has 0 saturated heterocycles. The van der Waals surface area contributed by atoms with Gasteiger partial charge in [-0.2, -0.15) is 0 Å². The summed E-state index contributed by atoms with van der Waals surface area (Å²) in [6.45, 7) is 0. The molecule has 1 aliphatic rings. The maximum atomic E-state index is 13.6. The Bertz CT molecular complexity index is 1040. The monoisotopic (exact) mass is 407 g/mol. The number of carbonyl (C=O) groups is 1. The van der Waals surface area contributed by atoms with Gasteiger partial charge in [0.05, 0.1) is 11.7 Å². The Hall–Kier alpha value is -3.12. The molecule has 1 aromatic heterocycles. The minimum Gasteiger partial charge on any atom is -0.393 e. The third kappa shape index (κ3) is 4.54. The maximum absolute atomic E-state index is 13.6. The number of nitrogens with one attached hydrogen (secondary N) is 1. The second kappa shape index (κ2) is 8.71. The Morgan fingerprint density at radius 1 is 1.10 bits per heavy atom. The highest BCUT2D eigenvalue weighted by Crippen LogP contribution is 2.27. The SMILES string of the molecule is NC(=O)c1ccc(-n2cccc2Cc2cccc(F)c2)cc1N[C@H]1CC[C@H](O)CC1. The second-order valence-corrected chi connectivity index (χ2v) is 7.92. The quantitative estimate of drug-likeness (QED) is 0.577. The summed E-state index contributed by atoms with van der Waals surface area (Å²) in [5, 5.41) is 13.2. The summed E-state index contributed by atoms with van der Waals surface area (Å²) in [7, 11) is 0. The normalized spacial score (nSPS) is 18.9. The van der Waals surface area contributed by atoms with Gasteiger partial charge in [-0.05, 0) is 73.7 Å². The van der Waals surface area contributed by atoms with Crippen LogP contribution in [0.1, 0.15) is 47.3 Å². The summed E-state index contributed by atoms with van der Waals surface area (Å²) in [5.41, 5.74) is 9.55. The first-order valence-corrected chi connectivity index (χ1v) is 10.3. The molecule has 30 heavy (non-hydrogen) atoms. The number of amides is 1. The molecule has 0 spiro atoms. The van der Waals surface area contributed by atoms with E-state index in [0.717, 1.165) is 42.6 Å². The molecule has 1 amide bonds. The Balaban J connectivity index is 1.62. The largest absolute Gasteiger partial charge is 0.393 e. The van der Waals surface area contributed by atoms with Crippen LogP contribution < -0.4 is 11.1 Å². The number of rotatable bonds is 6. The summed E-state index contributed by atoms with van der Waals surface area (Å²) in [6, 6.07) is 16.3. The van der Waals surface area contributed by atoms with Crippen molar-refractivity contribution in [3.63, 3.8) is 0 Å². The molecule has 1 saturated carbocycles. The lowest BCUT2D eigenvalue weighted by atomic mass is 9.92. The van der Waals surface area contributed by atoms with Crippen molar-refractivity contribution in [1.82, 2.24) is 4.57 Å². The zero-order valence-electron chi connectivity index (χ0n) is 16.7.